The fourth-order valence-electron chi connectivity index (χ4n) is 4.52. The molecule has 9 nitrogen and oxygen atoms in total. The van der Waals surface area contributed by atoms with E-state index in [2.05, 4.69) is 29.8 Å². The summed E-state index contributed by atoms with van der Waals surface area (Å²) in [6.07, 6.45) is 6.55. The summed E-state index contributed by atoms with van der Waals surface area (Å²) in [5.41, 5.74) is 11.0. The lowest BCUT2D eigenvalue weighted by Gasteiger charge is -2.30. The fourth-order valence-corrected chi connectivity index (χ4v) is 4.52. The number of nitrogens with two attached hydrogens (primary N) is 1. The molecule has 1 fully saturated rings. The van der Waals surface area contributed by atoms with Gasteiger partial charge in [0, 0.05) is 53.2 Å². The zero-order valence-corrected chi connectivity index (χ0v) is 18.3. The molecule has 0 amide bonds. The fraction of sp³-hybridized carbons (Fsp3) is 0.200. The van der Waals surface area contributed by atoms with Gasteiger partial charge < -0.3 is 25.7 Å². The number of hydrogen-bond donors (Lipinski definition) is 4. The Morgan fingerprint density at radius 1 is 1.06 bits per heavy atom. The van der Waals surface area contributed by atoms with Crippen LogP contribution in [0.1, 0.15) is 29.0 Å². The number of nitrogens with zero attached hydrogens (tertiary/aromatic N) is 4. The van der Waals surface area contributed by atoms with Crippen LogP contribution in [0.4, 0.5) is 11.5 Å². The molecule has 9 heteroatoms. The molecule has 34 heavy (non-hydrogen) atoms. The number of piperidine rings is 1. The average molecular weight is 454 g/mol. The van der Waals surface area contributed by atoms with Gasteiger partial charge in [0.1, 0.15) is 11.3 Å². The van der Waals surface area contributed by atoms with Gasteiger partial charge in [0.25, 0.3) is 0 Å². The molecule has 1 aliphatic heterocycles. The van der Waals surface area contributed by atoms with Gasteiger partial charge in [0.15, 0.2) is 11.5 Å². The van der Waals surface area contributed by atoms with E-state index in [4.69, 9.17) is 5.73 Å². The molecule has 0 unspecified atom stereocenters. The van der Waals surface area contributed by atoms with Gasteiger partial charge in [-0.05, 0) is 49.2 Å². The Balaban J connectivity index is 1.34. The molecule has 4 aromatic heterocycles. The van der Waals surface area contributed by atoms with Crippen molar-refractivity contribution in [1.82, 2.24) is 24.9 Å². The van der Waals surface area contributed by atoms with Crippen LogP contribution < -0.4 is 10.6 Å². The molecule has 0 saturated carbocycles. The number of fused-ring (bicyclic) bond motifs is 2. The highest BCUT2D eigenvalue weighted by Gasteiger charge is 2.21. The highest BCUT2D eigenvalue weighted by atomic mass is 16.3. The second-order valence-corrected chi connectivity index (χ2v) is 8.60. The van der Waals surface area contributed by atoms with E-state index >= 15 is 0 Å². The van der Waals surface area contributed by atoms with Crippen molar-refractivity contribution in [2.24, 2.45) is 0 Å². The Morgan fingerprint density at radius 2 is 1.91 bits per heavy atom. The van der Waals surface area contributed by atoms with E-state index in [-0.39, 0.29) is 17.7 Å². The lowest BCUT2D eigenvalue weighted by atomic mass is 9.98. The molecule has 5 heterocycles. The number of rotatable bonds is 4. The molecular formula is C25H23N7O2. The van der Waals surface area contributed by atoms with Crippen molar-refractivity contribution in [3.63, 3.8) is 0 Å². The van der Waals surface area contributed by atoms with E-state index in [0.717, 1.165) is 53.8 Å². The molecule has 0 bridgehead atoms. The van der Waals surface area contributed by atoms with Gasteiger partial charge in [0.05, 0.1) is 17.8 Å². The van der Waals surface area contributed by atoms with Crippen molar-refractivity contribution in [3.05, 3.63) is 66.4 Å². The van der Waals surface area contributed by atoms with Crippen molar-refractivity contribution in [1.29, 1.82) is 0 Å². The highest BCUT2D eigenvalue weighted by molar-refractivity contribution is 6.09. The van der Waals surface area contributed by atoms with E-state index in [0.29, 0.717) is 22.4 Å². The van der Waals surface area contributed by atoms with Crippen LogP contribution in [0, 0.1) is 0 Å². The third-order valence-corrected chi connectivity index (χ3v) is 6.41. The number of benzene rings is 1. The third-order valence-electron chi connectivity index (χ3n) is 6.41. The maximum Gasteiger partial charge on any atom is 0.228 e. The van der Waals surface area contributed by atoms with Gasteiger partial charge in [-0.2, -0.15) is 0 Å². The second kappa shape index (κ2) is 7.96. The topological polar surface area (TPSA) is 137 Å². The van der Waals surface area contributed by atoms with Crippen molar-refractivity contribution < 1.29 is 9.90 Å². The molecule has 170 valence electrons. The minimum Gasteiger partial charge on any atom is -0.398 e. The van der Waals surface area contributed by atoms with E-state index in [1.54, 1.807) is 30.6 Å². The van der Waals surface area contributed by atoms with E-state index in [1.807, 2.05) is 24.4 Å². The number of H-pyrrole nitrogens is 2. The Hall–Kier alpha value is -4.24. The molecule has 5 N–H and O–H groups in total. The summed E-state index contributed by atoms with van der Waals surface area (Å²) in [6, 6.07) is 11.0. The molecule has 1 saturated heterocycles. The van der Waals surface area contributed by atoms with Crippen LogP contribution in [0.2, 0.25) is 0 Å². The number of hydrogen-bond acceptors (Lipinski definition) is 7. The number of ketones is 1. The van der Waals surface area contributed by atoms with Crippen LogP contribution in [0.5, 0.6) is 0 Å². The Morgan fingerprint density at radius 3 is 2.76 bits per heavy atom. The zero-order chi connectivity index (χ0) is 23.2. The van der Waals surface area contributed by atoms with Crippen LogP contribution in [-0.4, -0.2) is 55.0 Å². The third kappa shape index (κ3) is 3.46. The van der Waals surface area contributed by atoms with E-state index < -0.39 is 0 Å². The smallest absolute Gasteiger partial charge is 0.228 e. The summed E-state index contributed by atoms with van der Waals surface area (Å²) in [7, 11) is 0. The quantitative estimate of drug-likeness (QED) is 0.242. The van der Waals surface area contributed by atoms with Gasteiger partial charge >= 0.3 is 0 Å². The largest absolute Gasteiger partial charge is 0.398 e. The summed E-state index contributed by atoms with van der Waals surface area (Å²) >= 11 is 0. The van der Waals surface area contributed by atoms with Gasteiger partial charge in [-0.1, -0.05) is 0 Å². The maximum atomic E-state index is 13.3. The number of aliphatic hydroxyl groups excluding tert-OH is 1. The monoisotopic (exact) mass is 453 g/mol. The number of aromatic amines is 2. The first-order valence-electron chi connectivity index (χ1n) is 11.2. The summed E-state index contributed by atoms with van der Waals surface area (Å²) < 4.78 is 0. The Kier molecular flexibility index (Phi) is 4.77. The molecule has 0 atom stereocenters. The van der Waals surface area contributed by atoms with Crippen LogP contribution in [0.25, 0.3) is 33.2 Å². The predicted molar refractivity (Wildman–Crippen MR) is 131 cm³/mol. The number of carbonyl (C=O) groups excluding carboxylic acids is 1. The summed E-state index contributed by atoms with van der Waals surface area (Å²) in [5.74, 6) is 0.794. The molecule has 5 aromatic rings. The molecular weight excluding hydrogens is 430 g/mol. The van der Waals surface area contributed by atoms with Gasteiger partial charge in [-0.15, -0.1) is 0 Å². The Bertz CT molecular complexity index is 1530. The molecule has 0 radical (unpaired) electrons. The van der Waals surface area contributed by atoms with Gasteiger partial charge in [-0.3, -0.25) is 9.78 Å². The first-order chi connectivity index (χ1) is 16.6. The SMILES string of the molecule is Nc1ccc(C(=O)c2nc3ccc(N4CCC(O)CC4)nc3[nH]2)cc1-c1cncc2[nH]ccc12. The van der Waals surface area contributed by atoms with Crippen molar-refractivity contribution in [2.45, 2.75) is 18.9 Å². The van der Waals surface area contributed by atoms with Crippen LogP contribution in [-0.2, 0) is 0 Å². The highest BCUT2D eigenvalue weighted by Crippen LogP contribution is 2.32. The number of nitrogens with one attached hydrogen (secondary N) is 2. The van der Waals surface area contributed by atoms with Crippen molar-refractivity contribution in [2.75, 3.05) is 23.7 Å². The van der Waals surface area contributed by atoms with Crippen LogP contribution >= 0.6 is 0 Å². The lowest BCUT2D eigenvalue weighted by Crippen LogP contribution is -2.36. The molecule has 1 aliphatic rings. The minimum absolute atomic E-state index is 0.224. The first kappa shape index (κ1) is 20.4. The molecule has 1 aromatic carbocycles. The van der Waals surface area contributed by atoms with Crippen LogP contribution in [0.3, 0.4) is 0 Å². The number of carbonyl (C=O) groups is 1. The summed E-state index contributed by atoms with van der Waals surface area (Å²) in [4.78, 5) is 35.1. The number of imidazole rings is 1. The number of pyridine rings is 2. The summed E-state index contributed by atoms with van der Waals surface area (Å²) in [5, 5.41) is 10.7. The second-order valence-electron chi connectivity index (χ2n) is 8.60. The van der Waals surface area contributed by atoms with Crippen molar-refractivity contribution in [3.8, 4) is 11.1 Å². The van der Waals surface area contributed by atoms with Crippen molar-refractivity contribution >= 4 is 39.4 Å². The van der Waals surface area contributed by atoms with E-state index in [9.17, 15) is 9.90 Å². The maximum absolute atomic E-state index is 13.3. The van der Waals surface area contributed by atoms with Gasteiger partial charge in [0.2, 0.25) is 5.78 Å². The molecule has 6 rings (SSSR count). The predicted octanol–water partition coefficient (Wildman–Crippen LogP) is 3.28. The van der Waals surface area contributed by atoms with Gasteiger partial charge in [-0.25, -0.2) is 9.97 Å². The lowest BCUT2D eigenvalue weighted by molar-refractivity contribution is 0.103. The average Bonchev–Trinajstić information content (AvgIpc) is 3.51. The number of aromatic nitrogens is 5. The number of anilines is 2. The summed E-state index contributed by atoms with van der Waals surface area (Å²) in [6.45, 7) is 1.49. The standard InChI is InChI=1S/C25H23N7O2/c26-19-2-1-14(11-17(19)18-12-27-13-21-16(18)5-8-28-21)23(34)25-29-20-3-4-22(30-24(20)31-25)32-9-6-15(33)7-10-32/h1-5,8,11-13,15,28,33H,6-7,9-10,26H2,(H,29,30,31). The molecule has 0 aliphatic carbocycles. The number of nitrogen functional groups attached to an aromatic ring is 1. The minimum atomic E-state index is -0.249. The zero-order valence-electron chi connectivity index (χ0n) is 18.3. The number of aliphatic hydroxyl groups is 1. The normalized spacial score (nSPS) is 14.8. The molecule has 0 spiro atoms. The Labute approximate surface area is 194 Å². The van der Waals surface area contributed by atoms with Crippen LogP contribution in [0.15, 0.2) is 55.0 Å². The van der Waals surface area contributed by atoms with E-state index in [1.165, 1.54) is 0 Å². The first-order valence-corrected chi connectivity index (χ1v) is 11.2.